The number of hydrogen-bond acceptors (Lipinski definition) is 3. The van der Waals surface area contributed by atoms with E-state index in [4.69, 9.17) is 0 Å². The quantitative estimate of drug-likeness (QED) is 0.804. The van der Waals surface area contributed by atoms with Crippen LogP contribution in [0.2, 0.25) is 0 Å². The van der Waals surface area contributed by atoms with Crippen molar-refractivity contribution in [3.8, 4) is 0 Å². The van der Waals surface area contributed by atoms with Gasteiger partial charge in [-0.2, -0.15) is 0 Å². The summed E-state index contributed by atoms with van der Waals surface area (Å²) < 4.78 is 0. The van der Waals surface area contributed by atoms with Crippen molar-refractivity contribution in [2.75, 3.05) is 46.3 Å². The van der Waals surface area contributed by atoms with Gasteiger partial charge in [0.15, 0.2) is 0 Å². The highest BCUT2D eigenvalue weighted by atomic mass is 16.2. The highest BCUT2D eigenvalue weighted by Crippen LogP contribution is 2.53. The van der Waals surface area contributed by atoms with Crippen LogP contribution in [0.25, 0.3) is 0 Å². The number of hydrogen-bond donors (Lipinski definition) is 0. The summed E-state index contributed by atoms with van der Waals surface area (Å²) in [6, 6.07) is 9.02. The minimum absolute atomic E-state index is 0.178. The summed E-state index contributed by atoms with van der Waals surface area (Å²) in [5.74, 6) is 0.360. The molecular weight excluding hydrogens is 334 g/mol. The Morgan fingerprint density at radius 1 is 0.926 bits per heavy atom. The summed E-state index contributed by atoms with van der Waals surface area (Å²) in [6.07, 6.45) is 8.71. The number of likely N-dealkylation sites (N-methyl/N-ethyl adjacent to an activating group) is 1. The molecule has 0 N–H and O–H groups in total. The number of fused-ring (bicyclic) bond motifs is 2. The molecule has 4 nitrogen and oxygen atoms in total. The molecule has 0 aromatic heterocycles. The Morgan fingerprint density at radius 2 is 1.63 bits per heavy atom. The predicted octanol–water partition coefficient (Wildman–Crippen LogP) is 2.87. The molecule has 3 heterocycles. The van der Waals surface area contributed by atoms with Gasteiger partial charge in [-0.3, -0.25) is 14.6 Å². The fraction of sp³-hybridized carbons (Fsp3) is 0.696. The van der Waals surface area contributed by atoms with E-state index < -0.39 is 0 Å². The van der Waals surface area contributed by atoms with E-state index in [-0.39, 0.29) is 5.54 Å². The van der Waals surface area contributed by atoms with Gasteiger partial charge in [0, 0.05) is 38.3 Å². The monoisotopic (exact) mass is 367 g/mol. The molecule has 4 heteroatoms. The zero-order valence-corrected chi connectivity index (χ0v) is 16.8. The zero-order valence-electron chi connectivity index (χ0n) is 16.8. The average molecular weight is 368 g/mol. The van der Waals surface area contributed by atoms with Gasteiger partial charge in [-0.15, -0.1) is 0 Å². The third kappa shape index (κ3) is 3.11. The van der Waals surface area contributed by atoms with Crippen LogP contribution in [0.5, 0.6) is 0 Å². The molecule has 1 aliphatic carbocycles. The summed E-state index contributed by atoms with van der Waals surface area (Å²) in [5, 5.41) is 0. The molecule has 0 bridgehead atoms. The van der Waals surface area contributed by atoms with Crippen molar-refractivity contribution in [3.63, 3.8) is 0 Å². The molecule has 27 heavy (non-hydrogen) atoms. The van der Waals surface area contributed by atoms with Gasteiger partial charge in [-0.25, -0.2) is 0 Å². The maximum atomic E-state index is 12.8. The predicted molar refractivity (Wildman–Crippen MR) is 108 cm³/mol. The second kappa shape index (κ2) is 6.59. The highest BCUT2D eigenvalue weighted by Gasteiger charge is 2.46. The molecule has 0 radical (unpaired) electrons. The summed E-state index contributed by atoms with van der Waals surface area (Å²) in [6.45, 7) is 5.81. The van der Waals surface area contributed by atoms with Crippen molar-refractivity contribution in [1.29, 1.82) is 0 Å². The van der Waals surface area contributed by atoms with Gasteiger partial charge in [0.2, 0.25) is 5.91 Å². The lowest BCUT2D eigenvalue weighted by Gasteiger charge is -2.51. The number of carbonyl (C=O) groups excluding carboxylic acids is 1. The standard InChI is InChI=1S/C23H33N3O/c1-24-13-6-19-4-2-3-5-20(19)23(24)11-14-25(15-12-23)18-21(27)26-16-9-22(7-8-22)10-17-26/h2-5H,6-18H2,1H3. The van der Waals surface area contributed by atoms with Crippen molar-refractivity contribution in [2.24, 2.45) is 5.41 Å². The summed E-state index contributed by atoms with van der Waals surface area (Å²) >= 11 is 0. The Balaban J connectivity index is 1.21. The maximum Gasteiger partial charge on any atom is 0.236 e. The number of amides is 1. The molecular formula is C23H33N3O. The lowest BCUT2D eigenvalue weighted by Crippen LogP contribution is -2.56. The molecule has 146 valence electrons. The Kier molecular flexibility index (Phi) is 4.32. The molecule has 5 rings (SSSR count). The van der Waals surface area contributed by atoms with E-state index in [9.17, 15) is 4.79 Å². The normalized spacial score (nSPS) is 26.9. The van der Waals surface area contributed by atoms with Crippen LogP contribution in [0, 0.1) is 5.41 Å². The van der Waals surface area contributed by atoms with E-state index in [1.54, 1.807) is 0 Å². The molecule has 1 aromatic carbocycles. The van der Waals surface area contributed by atoms with Crippen molar-refractivity contribution in [1.82, 2.24) is 14.7 Å². The Bertz CT molecular complexity index is 708. The van der Waals surface area contributed by atoms with Gasteiger partial charge < -0.3 is 4.90 Å². The molecule has 1 saturated carbocycles. The first-order valence-corrected chi connectivity index (χ1v) is 10.9. The number of piperidine rings is 2. The lowest BCUT2D eigenvalue weighted by molar-refractivity contribution is -0.134. The second-order valence-electron chi connectivity index (χ2n) is 9.52. The van der Waals surface area contributed by atoms with Crippen molar-refractivity contribution >= 4 is 5.91 Å². The number of nitrogens with zero attached hydrogens (tertiary/aromatic N) is 3. The molecule has 4 aliphatic rings. The average Bonchev–Trinajstić information content (AvgIpc) is 3.46. The van der Waals surface area contributed by atoms with E-state index >= 15 is 0 Å². The zero-order chi connectivity index (χ0) is 18.5. The van der Waals surface area contributed by atoms with Gasteiger partial charge >= 0.3 is 0 Å². The van der Waals surface area contributed by atoms with Gasteiger partial charge in [0.05, 0.1) is 6.54 Å². The van der Waals surface area contributed by atoms with Crippen LogP contribution < -0.4 is 0 Å². The van der Waals surface area contributed by atoms with E-state index in [0.717, 1.165) is 52.0 Å². The van der Waals surface area contributed by atoms with Crippen molar-refractivity contribution in [3.05, 3.63) is 35.4 Å². The minimum atomic E-state index is 0.178. The first kappa shape index (κ1) is 17.7. The van der Waals surface area contributed by atoms with Crippen LogP contribution in [0.1, 0.15) is 49.7 Å². The molecule has 1 aromatic rings. The summed E-state index contributed by atoms with van der Waals surface area (Å²) in [5.41, 5.74) is 3.89. The van der Waals surface area contributed by atoms with Crippen LogP contribution in [-0.2, 0) is 16.8 Å². The third-order valence-electron chi connectivity index (χ3n) is 8.14. The van der Waals surface area contributed by atoms with Gasteiger partial charge in [-0.1, -0.05) is 24.3 Å². The lowest BCUT2D eigenvalue weighted by atomic mass is 9.74. The molecule has 2 saturated heterocycles. The highest BCUT2D eigenvalue weighted by molar-refractivity contribution is 5.78. The maximum absolute atomic E-state index is 12.8. The van der Waals surface area contributed by atoms with Gasteiger partial charge in [0.25, 0.3) is 0 Å². The Morgan fingerprint density at radius 3 is 2.33 bits per heavy atom. The van der Waals surface area contributed by atoms with Crippen LogP contribution >= 0.6 is 0 Å². The van der Waals surface area contributed by atoms with Crippen LogP contribution in [0.15, 0.2) is 24.3 Å². The van der Waals surface area contributed by atoms with E-state index in [1.165, 1.54) is 36.8 Å². The first-order valence-electron chi connectivity index (χ1n) is 10.9. The minimum Gasteiger partial charge on any atom is -0.342 e. The number of likely N-dealkylation sites (tertiary alicyclic amines) is 2. The van der Waals surface area contributed by atoms with Crippen LogP contribution in [0.3, 0.4) is 0 Å². The topological polar surface area (TPSA) is 26.8 Å². The summed E-state index contributed by atoms with van der Waals surface area (Å²) in [4.78, 5) is 19.9. The van der Waals surface area contributed by atoms with Gasteiger partial charge in [0.1, 0.15) is 0 Å². The fourth-order valence-electron chi connectivity index (χ4n) is 5.83. The van der Waals surface area contributed by atoms with Crippen LogP contribution in [-0.4, -0.2) is 66.9 Å². The number of carbonyl (C=O) groups is 1. The molecule has 3 aliphatic heterocycles. The van der Waals surface area contributed by atoms with Crippen LogP contribution in [0.4, 0.5) is 0 Å². The summed E-state index contributed by atoms with van der Waals surface area (Å²) in [7, 11) is 2.29. The Labute approximate surface area is 163 Å². The molecule has 1 amide bonds. The van der Waals surface area contributed by atoms with Gasteiger partial charge in [-0.05, 0) is 68.5 Å². The smallest absolute Gasteiger partial charge is 0.236 e. The molecule has 2 spiro atoms. The molecule has 0 unspecified atom stereocenters. The van der Waals surface area contributed by atoms with Crippen molar-refractivity contribution < 1.29 is 4.79 Å². The fourth-order valence-corrected chi connectivity index (χ4v) is 5.83. The third-order valence-corrected chi connectivity index (χ3v) is 8.14. The molecule has 3 fully saturated rings. The number of benzene rings is 1. The largest absolute Gasteiger partial charge is 0.342 e. The first-order chi connectivity index (χ1) is 13.1. The van der Waals surface area contributed by atoms with E-state index in [2.05, 4.69) is 46.0 Å². The SMILES string of the molecule is CN1CCc2ccccc2C12CCN(CC(=O)N1CCC3(CC1)CC3)CC2. The number of rotatable bonds is 2. The van der Waals surface area contributed by atoms with Crippen molar-refractivity contribution in [2.45, 2.75) is 50.5 Å². The molecule has 0 atom stereocenters. The Hall–Kier alpha value is -1.39. The van der Waals surface area contributed by atoms with E-state index in [1.807, 2.05) is 0 Å². The second-order valence-corrected chi connectivity index (χ2v) is 9.52. The van der Waals surface area contributed by atoms with E-state index in [0.29, 0.717) is 17.9 Å².